The fraction of sp³-hybridized carbons (Fsp3) is 0.318. The lowest BCUT2D eigenvalue weighted by atomic mass is 10.2. The minimum Gasteiger partial charge on any atom is -0.493 e. The van der Waals surface area contributed by atoms with Gasteiger partial charge in [0, 0.05) is 29.7 Å². The number of thioether (sulfide) groups is 1. The number of ether oxygens (including phenoxy) is 2. The van der Waals surface area contributed by atoms with Crippen LogP contribution in [0.2, 0.25) is 0 Å². The molecule has 7 nitrogen and oxygen atoms in total. The van der Waals surface area contributed by atoms with Gasteiger partial charge in [0.2, 0.25) is 5.91 Å². The fourth-order valence-corrected chi connectivity index (χ4v) is 3.93. The van der Waals surface area contributed by atoms with E-state index in [4.69, 9.17) is 9.47 Å². The number of hydrogen-bond acceptors (Lipinski definition) is 6. The SMILES string of the molecule is CCN(Cc1nc2cc(OC)c(OC)cc2c(=O)[nH]1)C(=O)CCSc1ccc(F)cc1. The molecule has 0 saturated carbocycles. The molecule has 1 amide bonds. The Morgan fingerprint density at radius 1 is 1.16 bits per heavy atom. The van der Waals surface area contributed by atoms with Crippen LogP contribution in [0.3, 0.4) is 0 Å². The molecule has 0 atom stereocenters. The molecule has 9 heteroatoms. The second-order valence-electron chi connectivity index (χ2n) is 6.70. The molecule has 2 aromatic carbocycles. The smallest absolute Gasteiger partial charge is 0.258 e. The first-order valence-corrected chi connectivity index (χ1v) is 10.7. The van der Waals surface area contributed by atoms with Crippen molar-refractivity contribution in [1.82, 2.24) is 14.9 Å². The molecule has 0 spiro atoms. The summed E-state index contributed by atoms with van der Waals surface area (Å²) >= 11 is 1.49. The number of nitrogens with one attached hydrogen (secondary N) is 1. The van der Waals surface area contributed by atoms with Gasteiger partial charge in [-0.05, 0) is 37.3 Å². The summed E-state index contributed by atoms with van der Waals surface area (Å²) in [6.45, 7) is 2.54. The molecule has 1 aromatic heterocycles. The van der Waals surface area contributed by atoms with Crippen LogP contribution in [0.25, 0.3) is 10.9 Å². The van der Waals surface area contributed by atoms with E-state index in [-0.39, 0.29) is 23.8 Å². The summed E-state index contributed by atoms with van der Waals surface area (Å²) in [5.41, 5.74) is 0.156. The molecule has 0 aliphatic heterocycles. The maximum absolute atomic E-state index is 13.0. The normalized spacial score (nSPS) is 10.8. The van der Waals surface area contributed by atoms with E-state index < -0.39 is 0 Å². The first-order chi connectivity index (χ1) is 14.9. The first-order valence-electron chi connectivity index (χ1n) is 9.76. The van der Waals surface area contributed by atoms with Crippen LogP contribution < -0.4 is 15.0 Å². The Kier molecular flexibility index (Phi) is 7.51. The number of carbonyl (C=O) groups is 1. The van der Waals surface area contributed by atoms with E-state index in [0.29, 0.717) is 46.9 Å². The van der Waals surface area contributed by atoms with Gasteiger partial charge in [-0.25, -0.2) is 9.37 Å². The Bertz CT molecular complexity index is 1120. The van der Waals surface area contributed by atoms with E-state index in [1.165, 1.54) is 38.1 Å². The van der Waals surface area contributed by atoms with Crippen molar-refractivity contribution >= 4 is 28.6 Å². The van der Waals surface area contributed by atoms with E-state index >= 15 is 0 Å². The van der Waals surface area contributed by atoms with Crippen molar-refractivity contribution in [3.8, 4) is 11.5 Å². The van der Waals surface area contributed by atoms with Gasteiger partial charge in [0.15, 0.2) is 11.5 Å². The van der Waals surface area contributed by atoms with Crippen LogP contribution in [-0.2, 0) is 11.3 Å². The molecule has 3 aromatic rings. The largest absolute Gasteiger partial charge is 0.493 e. The Balaban J connectivity index is 1.70. The Morgan fingerprint density at radius 2 is 1.84 bits per heavy atom. The Labute approximate surface area is 183 Å². The summed E-state index contributed by atoms with van der Waals surface area (Å²) in [4.78, 5) is 35.0. The average Bonchev–Trinajstić information content (AvgIpc) is 2.77. The van der Waals surface area contributed by atoms with Crippen molar-refractivity contribution < 1.29 is 18.7 Å². The van der Waals surface area contributed by atoms with Gasteiger partial charge in [0.05, 0.1) is 31.7 Å². The third kappa shape index (κ3) is 5.55. The summed E-state index contributed by atoms with van der Waals surface area (Å²) in [6.07, 6.45) is 0.318. The van der Waals surface area contributed by atoms with Gasteiger partial charge >= 0.3 is 0 Å². The van der Waals surface area contributed by atoms with E-state index in [1.54, 1.807) is 29.2 Å². The van der Waals surface area contributed by atoms with Crippen LogP contribution in [0.4, 0.5) is 4.39 Å². The van der Waals surface area contributed by atoms with Crippen LogP contribution in [-0.4, -0.2) is 47.3 Å². The fourth-order valence-electron chi connectivity index (χ4n) is 3.09. The molecule has 1 N–H and O–H groups in total. The zero-order chi connectivity index (χ0) is 22.4. The Morgan fingerprint density at radius 3 is 2.48 bits per heavy atom. The van der Waals surface area contributed by atoms with Crippen molar-refractivity contribution in [2.75, 3.05) is 26.5 Å². The number of rotatable bonds is 9. The van der Waals surface area contributed by atoms with Gasteiger partial charge in [0.25, 0.3) is 5.56 Å². The lowest BCUT2D eigenvalue weighted by Gasteiger charge is -2.20. The van der Waals surface area contributed by atoms with Crippen molar-refractivity contribution in [3.63, 3.8) is 0 Å². The maximum atomic E-state index is 13.0. The highest BCUT2D eigenvalue weighted by Crippen LogP contribution is 2.30. The number of aromatic nitrogens is 2. The third-order valence-electron chi connectivity index (χ3n) is 4.73. The van der Waals surface area contributed by atoms with Crippen LogP contribution in [0.5, 0.6) is 11.5 Å². The lowest BCUT2D eigenvalue weighted by Crippen LogP contribution is -2.32. The molecule has 0 saturated heterocycles. The van der Waals surface area contributed by atoms with Gasteiger partial charge in [-0.3, -0.25) is 9.59 Å². The van der Waals surface area contributed by atoms with Crippen molar-refractivity contribution in [2.45, 2.75) is 24.8 Å². The number of fused-ring (bicyclic) bond motifs is 1. The highest BCUT2D eigenvalue weighted by Gasteiger charge is 2.16. The van der Waals surface area contributed by atoms with E-state index in [0.717, 1.165) is 4.90 Å². The highest BCUT2D eigenvalue weighted by molar-refractivity contribution is 7.99. The molecule has 3 rings (SSSR count). The number of nitrogens with zero attached hydrogens (tertiary/aromatic N) is 2. The van der Waals surface area contributed by atoms with Gasteiger partial charge < -0.3 is 19.4 Å². The lowest BCUT2D eigenvalue weighted by molar-refractivity contribution is -0.131. The van der Waals surface area contributed by atoms with Crippen LogP contribution in [0.15, 0.2) is 46.1 Å². The Hall–Kier alpha value is -3.07. The highest BCUT2D eigenvalue weighted by atomic mass is 32.2. The van der Waals surface area contributed by atoms with E-state index in [9.17, 15) is 14.0 Å². The first kappa shape index (κ1) is 22.6. The summed E-state index contributed by atoms with van der Waals surface area (Å²) in [7, 11) is 3.01. The molecule has 164 valence electrons. The second-order valence-corrected chi connectivity index (χ2v) is 7.87. The molecule has 31 heavy (non-hydrogen) atoms. The average molecular weight is 446 g/mol. The topological polar surface area (TPSA) is 84.5 Å². The van der Waals surface area contributed by atoms with E-state index in [2.05, 4.69) is 9.97 Å². The second kappa shape index (κ2) is 10.3. The number of H-pyrrole nitrogens is 1. The number of amides is 1. The molecule has 0 aliphatic rings. The molecule has 0 unspecified atom stereocenters. The summed E-state index contributed by atoms with van der Waals surface area (Å²) in [5, 5.41) is 0.381. The van der Waals surface area contributed by atoms with Gasteiger partial charge in [-0.2, -0.15) is 0 Å². The zero-order valence-electron chi connectivity index (χ0n) is 17.6. The summed E-state index contributed by atoms with van der Waals surface area (Å²) < 4.78 is 23.5. The van der Waals surface area contributed by atoms with Gasteiger partial charge in [-0.15, -0.1) is 11.8 Å². The minimum atomic E-state index is -0.309. The summed E-state index contributed by atoms with van der Waals surface area (Å²) in [5.74, 6) is 1.54. The van der Waals surface area contributed by atoms with Crippen LogP contribution >= 0.6 is 11.8 Å². The monoisotopic (exact) mass is 445 g/mol. The van der Waals surface area contributed by atoms with Crippen molar-refractivity contribution in [2.24, 2.45) is 0 Å². The molecule has 1 heterocycles. The molecule has 0 radical (unpaired) electrons. The van der Waals surface area contributed by atoms with Gasteiger partial charge in [0.1, 0.15) is 11.6 Å². The van der Waals surface area contributed by atoms with Gasteiger partial charge in [-0.1, -0.05) is 0 Å². The third-order valence-corrected chi connectivity index (χ3v) is 5.75. The predicted molar refractivity (Wildman–Crippen MR) is 118 cm³/mol. The number of hydrogen-bond donors (Lipinski definition) is 1. The number of carbonyl (C=O) groups excluding carboxylic acids is 1. The van der Waals surface area contributed by atoms with E-state index in [1.807, 2.05) is 6.92 Å². The summed E-state index contributed by atoms with van der Waals surface area (Å²) in [6, 6.07) is 9.40. The molecular weight excluding hydrogens is 421 g/mol. The maximum Gasteiger partial charge on any atom is 0.258 e. The van der Waals surface area contributed by atoms with Crippen LogP contribution in [0.1, 0.15) is 19.2 Å². The minimum absolute atomic E-state index is 0.0489. The number of methoxy groups -OCH3 is 2. The van der Waals surface area contributed by atoms with Crippen LogP contribution in [0, 0.1) is 5.82 Å². The predicted octanol–water partition coefficient (Wildman–Crippen LogP) is 3.61. The quantitative estimate of drug-likeness (QED) is 0.507. The molecule has 0 bridgehead atoms. The zero-order valence-corrected chi connectivity index (χ0v) is 18.4. The van der Waals surface area contributed by atoms with Crippen molar-refractivity contribution in [1.29, 1.82) is 0 Å². The number of halogens is 1. The standard InChI is InChI=1S/C22H24FN3O4S/c1-4-26(21(27)9-10-31-15-7-5-14(23)6-8-15)13-20-24-17-12-19(30-3)18(29-2)11-16(17)22(28)25-20/h5-8,11-12H,4,9-10,13H2,1-3H3,(H,24,25,28). The number of aromatic amines is 1. The molecule has 0 aliphatic carbocycles. The number of benzene rings is 2. The van der Waals surface area contributed by atoms with Crippen molar-refractivity contribution in [3.05, 3.63) is 58.4 Å². The molecule has 0 fully saturated rings. The molecular formula is C22H24FN3O4S.